The summed E-state index contributed by atoms with van der Waals surface area (Å²) in [6.07, 6.45) is 5.65. The van der Waals surface area contributed by atoms with Crippen LogP contribution in [0.15, 0.2) is 41.7 Å². The van der Waals surface area contributed by atoms with Crippen LogP contribution in [0, 0.1) is 11.8 Å². The molecule has 1 aliphatic rings. The lowest BCUT2D eigenvalue weighted by Crippen LogP contribution is -2.42. The van der Waals surface area contributed by atoms with E-state index in [1.54, 1.807) is 22.6 Å². The summed E-state index contributed by atoms with van der Waals surface area (Å²) >= 11 is 0. The van der Waals surface area contributed by atoms with Crippen molar-refractivity contribution in [1.82, 2.24) is 19.1 Å². The minimum atomic E-state index is -3.49. The van der Waals surface area contributed by atoms with Crippen molar-refractivity contribution in [3.05, 3.63) is 36.8 Å². The molecule has 118 valence electrons. The Kier molecular flexibility index (Phi) is 4.01. The molecular weight excluding hydrogens is 300 g/mol. The maximum atomic E-state index is 12.8. The summed E-state index contributed by atoms with van der Waals surface area (Å²) in [5.74, 6) is 1.36. The molecule has 3 rings (SSSR count). The van der Waals surface area contributed by atoms with E-state index in [1.165, 1.54) is 17.1 Å². The largest absolute Gasteiger partial charge is 0.246 e. The predicted octanol–water partition coefficient (Wildman–Crippen LogP) is 1.93. The standard InChI is InChI=1S/C15H20N4O2S/c1-12-7-13(2)10-18(9-12)22(20,21)14-8-17-19(11-14)15-5-3-4-6-16-15/h3-6,8,11-13H,7,9-10H2,1-2H3. The Bertz CT molecular complexity index is 732. The number of rotatable bonds is 3. The first-order chi connectivity index (χ1) is 10.5. The Hall–Kier alpha value is -1.73. The first-order valence-corrected chi connectivity index (χ1v) is 8.87. The van der Waals surface area contributed by atoms with Gasteiger partial charge in [0.05, 0.1) is 12.4 Å². The van der Waals surface area contributed by atoms with Crippen LogP contribution in [0.2, 0.25) is 0 Å². The molecule has 0 bridgehead atoms. The number of sulfonamides is 1. The van der Waals surface area contributed by atoms with Crippen molar-refractivity contribution in [3.63, 3.8) is 0 Å². The third-order valence-corrected chi connectivity index (χ3v) is 5.70. The molecule has 2 unspecified atom stereocenters. The lowest BCUT2D eigenvalue weighted by atomic mass is 9.94. The minimum Gasteiger partial charge on any atom is -0.237 e. The number of hydrogen-bond acceptors (Lipinski definition) is 4. The van der Waals surface area contributed by atoms with Crippen molar-refractivity contribution in [2.75, 3.05) is 13.1 Å². The molecule has 1 aliphatic heterocycles. The molecule has 0 spiro atoms. The number of nitrogens with zero attached hydrogens (tertiary/aromatic N) is 4. The van der Waals surface area contributed by atoms with Crippen molar-refractivity contribution in [1.29, 1.82) is 0 Å². The van der Waals surface area contributed by atoms with Gasteiger partial charge in [0.15, 0.2) is 5.82 Å². The maximum Gasteiger partial charge on any atom is 0.246 e. The first-order valence-electron chi connectivity index (χ1n) is 7.43. The van der Waals surface area contributed by atoms with E-state index in [1.807, 2.05) is 6.07 Å². The van der Waals surface area contributed by atoms with Gasteiger partial charge in [-0.3, -0.25) is 0 Å². The molecule has 1 fully saturated rings. The fraction of sp³-hybridized carbons (Fsp3) is 0.467. The Morgan fingerprint density at radius 3 is 2.55 bits per heavy atom. The number of hydrogen-bond donors (Lipinski definition) is 0. The minimum absolute atomic E-state index is 0.222. The Labute approximate surface area is 130 Å². The molecule has 0 radical (unpaired) electrons. The van der Waals surface area contributed by atoms with Crippen molar-refractivity contribution < 1.29 is 8.42 Å². The highest BCUT2D eigenvalue weighted by molar-refractivity contribution is 7.89. The number of pyridine rings is 1. The van der Waals surface area contributed by atoms with Gasteiger partial charge in [-0.25, -0.2) is 18.1 Å². The van der Waals surface area contributed by atoms with Crippen LogP contribution in [-0.2, 0) is 10.0 Å². The van der Waals surface area contributed by atoms with E-state index < -0.39 is 10.0 Å². The van der Waals surface area contributed by atoms with E-state index in [0.717, 1.165) is 6.42 Å². The molecule has 2 atom stereocenters. The van der Waals surface area contributed by atoms with Crippen LogP contribution in [-0.4, -0.2) is 40.6 Å². The quantitative estimate of drug-likeness (QED) is 0.866. The summed E-state index contributed by atoms with van der Waals surface area (Å²) in [4.78, 5) is 4.39. The number of piperidine rings is 1. The molecular formula is C15H20N4O2S. The van der Waals surface area contributed by atoms with Gasteiger partial charge in [-0.2, -0.15) is 9.40 Å². The zero-order valence-electron chi connectivity index (χ0n) is 12.8. The van der Waals surface area contributed by atoms with Gasteiger partial charge < -0.3 is 0 Å². The summed E-state index contributed by atoms with van der Waals surface area (Å²) in [6, 6.07) is 5.43. The molecule has 0 amide bonds. The average molecular weight is 320 g/mol. The second-order valence-electron chi connectivity index (χ2n) is 6.08. The normalized spacial score (nSPS) is 23.5. The van der Waals surface area contributed by atoms with Crippen molar-refractivity contribution in [2.45, 2.75) is 25.2 Å². The number of aromatic nitrogens is 3. The Morgan fingerprint density at radius 1 is 1.18 bits per heavy atom. The molecule has 3 heterocycles. The molecule has 2 aromatic rings. The second-order valence-corrected chi connectivity index (χ2v) is 8.01. The molecule has 7 heteroatoms. The Balaban J connectivity index is 1.89. The van der Waals surface area contributed by atoms with Crippen LogP contribution in [0.25, 0.3) is 5.82 Å². The summed E-state index contributed by atoms with van der Waals surface area (Å²) in [6.45, 7) is 5.33. The molecule has 0 aliphatic carbocycles. The molecule has 22 heavy (non-hydrogen) atoms. The zero-order chi connectivity index (χ0) is 15.7. The maximum absolute atomic E-state index is 12.8. The van der Waals surface area contributed by atoms with Crippen LogP contribution < -0.4 is 0 Å². The van der Waals surface area contributed by atoms with Gasteiger partial charge in [0.1, 0.15) is 4.90 Å². The molecule has 2 aromatic heterocycles. The van der Waals surface area contributed by atoms with E-state index in [9.17, 15) is 8.42 Å². The lowest BCUT2D eigenvalue weighted by Gasteiger charge is -2.33. The zero-order valence-corrected chi connectivity index (χ0v) is 13.6. The van der Waals surface area contributed by atoms with E-state index in [-0.39, 0.29) is 4.90 Å². The van der Waals surface area contributed by atoms with Crippen molar-refractivity contribution in [3.8, 4) is 5.82 Å². The third kappa shape index (κ3) is 2.91. The highest BCUT2D eigenvalue weighted by Gasteiger charge is 2.32. The molecule has 6 nitrogen and oxygen atoms in total. The second kappa shape index (κ2) is 5.81. The molecule has 0 aromatic carbocycles. The van der Waals surface area contributed by atoms with Gasteiger partial charge in [-0.15, -0.1) is 0 Å². The van der Waals surface area contributed by atoms with Crippen molar-refractivity contribution in [2.24, 2.45) is 11.8 Å². The first kappa shape index (κ1) is 15.2. The van der Waals surface area contributed by atoms with Crippen LogP contribution in [0.4, 0.5) is 0 Å². The average Bonchev–Trinajstić information content (AvgIpc) is 2.98. The summed E-state index contributed by atoms with van der Waals surface area (Å²) in [5, 5.41) is 4.13. The van der Waals surface area contributed by atoms with E-state index in [2.05, 4.69) is 23.9 Å². The van der Waals surface area contributed by atoms with E-state index in [0.29, 0.717) is 30.7 Å². The summed E-state index contributed by atoms with van der Waals surface area (Å²) in [7, 11) is -3.49. The lowest BCUT2D eigenvalue weighted by molar-refractivity contribution is 0.222. The third-order valence-electron chi connectivity index (χ3n) is 3.92. The van der Waals surface area contributed by atoms with Crippen molar-refractivity contribution >= 4 is 10.0 Å². The van der Waals surface area contributed by atoms with Gasteiger partial charge in [-0.05, 0) is 30.4 Å². The highest BCUT2D eigenvalue weighted by atomic mass is 32.2. The molecule has 0 N–H and O–H groups in total. The molecule has 1 saturated heterocycles. The van der Waals surface area contributed by atoms with E-state index >= 15 is 0 Å². The summed E-state index contributed by atoms with van der Waals surface area (Å²) < 4.78 is 28.6. The topological polar surface area (TPSA) is 68.1 Å². The van der Waals surface area contributed by atoms with Gasteiger partial charge >= 0.3 is 0 Å². The highest BCUT2D eigenvalue weighted by Crippen LogP contribution is 2.26. The summed E-state index contributed by atoms with van der Waals surface area (Å²) in [5.41, 5.74) is 0. The van der Waals surface area contributed by atoms with Crippen LogP contribution in [0.1, 0.15) is 20.3 Å². The molecule has 0 saturated carbocycles. The van der Waals surface area contributed by atoms with Crippen LogP contribution in [0.5, 0.6) is 0 Å². The Morgan fingerprint density at radius 2 is 1.91 bits per heavy atom. The van der Waals surface area contributed by atoms with Gasteiger partial charge in [0.2, 0.25) is 10.0 Å². The SMILES string of the molecule is CC1CC(C)CN(S(=O)(=O)c2cnn(-c3ccccn3)c2)C1. The van der Waals surface area contributed by atoms with Gasteiger partial charge in [0, 0.05) is 19.3 Å². The van der Waals surface area contributed by atoms with Gasteiger partial charge in [-0.1, -0.05) is 19.9 Å². The smallest absolute Gasteiger partial charge is 0.237 e. The van der Waals surface area contributed by atoms with Crippen LogP contribution in [0.3, 0.4) is 0 Å². The predicted molar refractivity (Wildman–Crippen MR) is 83.1 cm³/mol. The van der Waals surface area contributed by atoms with Crippen LogP contribution >= 0.6 is 0 Å². The fourth-order valence-electron chi connectivity index (χ4n) is 3.01. The van der Waals surface area contributed by atoms with Gasteiger partial charge in [0.25, 0.3) is 0 Å². The monoisotopic (exact) mass is 320 g/mol. The van der Waals surface area contributed by atoms with E-state index in [4.69, 9.17) is 0 Å². The fourth-order valence-corrected chi connectivity index (χ4v) is 4.62.